The van der Waals surface area contributed by atoms with Crippen LogP contribution in [0.2, 0.25) is 0 Å². The first-order valence-corrected chi connectivity index (χ1v) is 10.8. The Labute approximate surface area is 168 Å². The lowest BCUT2D eigenvalue weighted by Gasteiger charge is -2.32. The summed E-state index contributed by atoms with van der Waals surface area (Å²) in [6.45, 7) is 7.95. The SMILES string of the molecule is CC(C)=CCN1CC2C(COC(=O)C(O)(c3ccccc3)C3CCCC3)C2C1. The molecular formula is C24H33NO3. The van der Waals surface area contributed by atoms with Gasteiger partial charge in [-0.15, -0.1) is 0 Å². The minimum atomic E-state index is -1.50. The summed E-state index contributed by atoms with van der Waals surface area (Å²) in [7, 11) is 0. The van der Waals surface area contributed by atoms with Crippen LogP contribution >= 0.6 is 0 Å². The Morgan fingerprint density at radius 2 is 1.82 bits per heavy atom. The minimum Gasteiger partial charge on any atom is -0.463 e. The number of aliphatic hydroxyl groups is 1. The maximum atomic E-state index is 13.1. The molecular weight excluding hydrogens is 350 g/mol. The highest BCUT2D eigenvalue weighted by Crippen LogP contribution is 2.52. The summed E-state index contributed by atoms with van der Waals surface area (Å²) in [4.78, 5) is 15.5. The van der Waals surface area contributed by atoms with Crippen LogP contribution in [0.25, 0.3) is 0 Å². The first kappa shape index (κ1) is 19.7. The fourth-order valence-corrected chi connectivity index (χ4v) is 5.28. The van der Waals surface area contributed by atoms with Crippen molar-refractivity contribution in [1.82, 2.24) is 4.90 Å². The average Bonchev–Trinajstić information content (AvgIpc) is 3.12. The molecule has 1 N–H and O–H groups in total. The van der Waals surface area contributed by atoms with Crippen molar-refractivity contribution in [1.29, 1.82) is 0 Å². The van der Waals surface area contributed by atoms with E-state index in [1.54, 1.807) is 0 Å². The number of fused-ring (bicyclic) bond motifs is 1. The number of allylic oxidation sites excluding steroid dienone is 1. The number of hydrogen-bond acceptors (Lipinski definition) is 4. The van der Waals surface area contributed by atoms with E-state index in [4.69, 9.17) is 4.74 Å². The normalized spacial score (nSPS) is 29.2. The zero-order valence-corrected chi connectivity index (χ0v) is 17.1. The highest BCUT2D eigenvalue weighted by Gasteiger charge is 2.56. The number of hydrogen-bond donors (Lipinski definition) is 1. The maximum absolute atomic E-state index is 13.1. The van der Waals surface area contributed by atoms with E-state index in [1.165, 1.54) is 5.57 Å². The number of ether oxygens (including phenoxy) is 1. The molecule has 0 bridgehead atoms. The van der Waals surface area contributed by atoms with Crippen LogP contribution in [0, 0.1) is 23.7 Å². The minimum absolute atomic E-state index is 0.0411. The van der Waals surface area contributed by atoms with E-state index in [2.05, 4.69) is 24.8 Å². The van der Waals surface area contributed by atoms with E-state index in [-0.39, 0.29) is 5.92 Å². The maximum Gasteiger partial charge on any atom is 0.343 e. The van der Waals surface area contributed by atoms with Crippen molar-refractivity contribution in [2.75, 3.05) is 26.2 Å². The Morgan fingerprint density at radius 1 is 1.18 bits per heavy atom. The quantitative estimate of drug-likeness (QED) is 0.575. The van der Waals surface area contributed by atoms with Crippen molar-refractivity contribution in [3.63, 3.8) is 0 Å². The standard InChI is InChI=1S/C24H33NO3/c1-17(2)12-13-25-14-20-21(15-25)22(20)16-28-23(26)24(27,19-10-6-7-11-19)18-8-4-3-5-9-18/h3-5,8-9,12,19-22,27H,6-7,10-11,13-16H2,1-2H3. The molecule has 0 amide bonds. The van der Waals surface area contributed by atoms with E-state index in [1.807, 2.05) is 30.3 Å². The lowest BCUT2D eigenvalue weighted by atomic mass is 9.80. The van der Waals surface area contributed by atoms with Gasteiger partial charge in [-0.25, -0.2) is 4.79 Å². The van der Waals surface area contributed by atoms with E-state index >= 15 is 0 Å². The zero-order chi connectivity index (χ0) is 19.7. The van der Waals surface area contributed by atoms with Crippen LogP contribution in [0.1, 0.15) is 45.1 Å². The van der Waals surface area contributed by atoms with Crippen LogP contribution in [-0.4, -0.2) is 42.2 Å². The number of carbonyl (C=O) groups excluding carboxylic acids is 1. The molecule has 0 radical (unpaired) electrons. The van der Waals surface area contributed by atoms with Crippen LogP contribution in [0.4, 0.5) is 0 Å². The van der Waals surface area contributed by atoms with Crippen LogP contribution in [0.3, 0.4) is 0 Å². The number of benzene rings is 1. The Morgan fingerprint density at radius 3 is 2.43 bits per heavy atom. The number of esters is 1. The van der Waals surface area contributed by atoms with Crippen LogP contribution < -0.4 is 0 Å². The first-order chi connectivity index (χ1) is 13.5. The smallest absolute Gasteiger partial charge is 0.343 e. The second-order valence-corrected chi connectivity index (χ2v) is 9.20. The summed E-state index contributed by atoms with van der Waals surface area (Å²) in [5.74, 6) is 1.28. The summed E-state index contributed by atoms with van der Waals surface area (Å²) >= 11 is 0. The molecule has 3 aliphatic rings. The molecule has 1 heterocycles. The van der Waals surface area contributed by atoms with Gasteiger partial charge in [-0.05, 0) is 44.1 Å². The van der Waals surface area contributed by atoms with E-state index < -0.39 is 11.6 Å². The van der Waals surface area contributed by atoms with Gasteiger partial charge in [0.2, 0.25) is 0 Å². The van der Waals surface area contributed by atoms with Gasteiger partial charge in [0.25, 0.3) is 0 Å². The first-order valence-electron chi connectivity index (χ1n) is 10.8. The van der Waals surface area contributed by atoms with Crippen molar-refractivity contribution >= 4 is 5.97 Å². The third-order valence-corrected chi connectivity index (χ3v) is 7.08. The average molecular weight is 384 g/mol. The number of carbonyl (C=O) groups is 1. The van der Waals surface area contributed by atoms with Gasteiger partial charge in [-0.2, -0.15) is 0 Å². The fraction of sp³-hybridized carbons (Fsp3) is 0.625. The highest BCUT2D eigenvalue weighted by molar-refractivity contribution is 5.81. The van der Waals surface area contributed by atoms with Crippen molar-refractivity contribution in [2.45, 2.75) is 45.1 Å². The van der Waals surface area contributed by atoms with Gasteiger partial charge in [0.15, 0.2) is 5.60 Å². The number of rotatable bonds is 7. The molecule has 4 heteroatoms. The van der Waals surface area contributed by atoms with E-state index in [9.17, 15) is 9.90 Å². The van der Waals surface area contributed by atoms with Crippen molar-refractivity contribution < 1.29 is 14.6 Å². The third-order valence-electron chi connectivity index (χ3n) is 7.08. The third kappa shape index (κ3) is 3.77. The highest BCUT2D eigenvalue weighted by atomic mass is 16.6. The Bertz CT molecular complexity index is 709. The molecule has 2 aliphatic carbocycles. The molecule has 28 heavy (non-hydrogen) atoms. The molecule has 2 saturated carbocycles. The largest absolute Gasteiger partial charge is 0.463 e. The summed E-state index contributed by atoms with van der Waals surface area (Å²) in [6, 6.07) is 9.39. The summed E-state index contributed by atoms with van der Waals surface area (Å²) in [6.07, 6.45) is 6.19. The lowest BCUT2D eigenvalue weighted by Crippen LogP contribution is -2.43. The molecule has 3 atom stereocenters. The zero-order valence-electron chi connectivity index (χ0n) is 17.1. The lowest BCUT2D eigenvalue weighted by molar-refractivity contribution is -0.174. The fourth-order valence-electron chi connectivity index (χ4n) is 5.28. The molecule has 1 aromatic rings. The number of piperidine rings is 1. The Kier molecular flexibility index (Phi) is 5.62. The van der Waals surface area contributed by atoms with Gasteiger partial charge in [-0.1, -0.05) is 54.8 Å². The summed E-state index contributed by atoms with van der Waals surface area (Å²) in [5.41, 5.74) is 0.533. The Hall–Kier alpha value is -1.65. The summed E-state index contributed by atoms with van der Waals surface area (Å²) < 4.78 is 5.75. The van der Waals surface area contributed by atoms with Crippen molar-refractivity contribution in [3.05, 3.63) is 47.5 Å². The molecule has 152 valence electrons. The molecule has 3 unspecified atom stereocenters. The van der Waals surface area contributed by atoms with Crippen molar-refractivity contribution in [2.24, 2.45) is 23.7 Å². The molecule has 4 rings (SSSR count). The van der Waals surface area contributed by atoms with E-state index in [0.717, 1.165) is 45.3 Å². The van der Waals surface area contributed by atoms with Crippen LogP contribution in [-0.2, 0) is 15.1 Å². The molecule has 0 spiro atoms. The monoisotopic (exact) mass is 383 g/mol. The predicted octanol–water partition coefficient (Wildman–Crippen LogP) is 3.75. The second-order valence-electron chi connectivity index (χ2n) is 9.20. The topological polar surface area (TPSA) is 49.8 Å². The molecule has 0 aromatic heterocycles. The number of nitrogens with zero attached hydrogens (tertiary/aromatic N) is 1. The van der Waals surface area contributed by atoms with E-state index in [0.29, 0.717) is 29.9 Å². The van der Waals surface area contributed by atoms with Gasteiger partial charge in [-0.3, -0.25) is 4.90 Å². The second kappa shape index (κ2) is 8.00. The number of likely N-dealkylation sites (tertiary alicyclic amines) is 1. The van der Waals surface area contributed by atoms with Crippen LogP contribution in [0.15, 0.2) is 42.0 Å². The van der Waals surface area contributed by atoms with Crippen LogP contribution in [0.5, 0.6) is 0 Å². The molecule has 1 saturated heterocycles. The van der Waals surface area contributed by atoms with Gasteiger partial charge < -0.3 is 9.84 Å². The molecule has 1 aliphatic heterocycles. The molecule has 4 nitrogen and oxygen atoms in total. The Balaban J connectivity index is 1.35. The molecule has 3 fully saturated rings. The van der Waals surface area contributed by atoms with Crippen molar-refractivity contribution in [3.8, 4) is 0 Å². The van der Waals surface area contributed by atoms with Gasteiger partial charge in [0.05, 0.1) is 6.61 Å². The van der Waals surface area contributed by atoms with Gasteiger partial charge in [0, 0.05) is 31.5 Å². The van der Waals surface area contributed by atoms with Gasteiger partial charge in [0.1, 0.15) is 0 Å². The predicted molar refractivity (Wildman–Crippen MR) is 110 cm³/mol. The summed E-state index contributed by atoms with van der Waals surface area (Å²) in [5, 5.41) is 11.5. The molecule has 1 aromatic carbocycles. The van der Waals surface area contributed by atoms with Gasteiger partial charge >= 0.3 is 5.97 Å².